The molecule has 0 N–H and O–H groups in total. The Hall–Kier alpha value is -3.61. The molecule has 4 rings (SSSR count). The number of esters is 1. The highest BCUT2D eigenvalue weighted by Crippen LogP contribution is 2.23. The van der Waals surface area contributed by atoms with E-state index in [9.17, 15) is 4.79 Å². The minimum atomic E-state index is -0.403. The second-order valence-corrected chi connectivity index (χ2v) is 7.37. The Balaban J connectivity index is 1.65. The summed E-state index contributed by atoms with van der Waals surface area (Å²) in [5.74, 6) is -0.403. The summed E-state index contributed by atoms with van der Waals surface area (Å²) in [6.45, 7) is 4.54. The van der Waals surface area contributed by atoms with E-state index in [-0.39, 0.29) is 0 Å². The lowest BCUT2D eigenvalue weighted by atomic mass is 10.1. The zero-order valence-electron chi connectivity index (χ0n) is 17.7. The maximum absolute atomic E-state index is 12.0. The van der Waals surface area contributed by atoms with Crippen LogP contribution in [0.1, 0.15) is 28.8 Å². The number of hydrogen-bond donors (Lipinski definition) is 0. The fourth-order valence-corrected chi connectivity index (χ4v) is 3.39. The Morgan fingerprint density at radius 1 is 1.07 bits per heavy atom. The Morgan fingerprint density at radius 2 is 1.83 bits per heavy atom. The van der Waals surface area contributed by atoms with Gasteiger partial charge in [-0.2, -0.15) is 10.2 Å². The van der Waals surface area contributed by atoms with Crippen molar-refractivity contribution in [3.8, 4) is 11.3 Å². The number of ether oxygens (including phenoxy) is 1. The number of aromatic nitrogens is 4. The van der Waals surface area contributed by atoms with E-state index in [0.717, 1.165) is 33.8 Å². The minimum Gasteiger partial charge on any atom is -0.461 e. The molecule has 7 heteroatoms. The molecule has 1 aromatic carbocycles. The van der Waals surface area contributed by atoms with Crippen molar-refractivity contribution in [1.82, 2.24) is 19.4 Å². The summed E-state index contributed by atoms with van der Waals surface area (Å²) in [6.07, 6.45) is 0. The van der Waals surface area contributed by atoms with Crippen molar-refractivity contribution in [1.29, 1.82) is 0 Å². The molecule has 0 saturated carbocycles. The topological polar surface area (TPSA) is 64.7 Å². The van der Waals surface area contributed by atoms with E-state index in [0.29, 0.717) is 18.8 Å². The van der Waals surface area contributed by atoms with Crippen molar-refractivity contribution in [3.05, 3.63) is 71.7 Å². The van der Waals surface area contributed by atoms with Gasteiger partial charge in [-0.05, 0) is 50.2 Å². The van der Waals surface area contributed by atoms with Crippen LogP contribution in [0.25, 0.3) is 16.8 Å². The zero-order valence-corrected chi connectivity index (χ0v) is 17.7. The molecule has 30 heavy (non-hydrogen) atoms. The molecule has 0 aliphatic rings. The molecule has 0 fully saturated rings. The van der Waals surface area contributed by atoms with Gasteiger partial charge in [-0.15, -0.1) is 0 Å². The predicted octanol–water partition coefficient (Wildman–Crippen LogP) is 3.80. The third kappa shape index (κ3) is 3.78. The largest absolute Gasteiger partial charge is 0.461 e. The molecule has 0 unspecified atom stereocenters. The van der Waals surface area contributed by atoms with E-state index < -0.39 is 5.97 Å². The molecular formula is C23H25N5O2. The van der Waals surface area contributed by atoms with Crippen LogP contribution in [0.4, 0.5) is 5.69 Å². The number of aryl methyl sites for hydroxylation is 1. The standard InChI is InChI=1S/C23H25N5O2/c1-5-30-23(29)22-13-16(2)27(24-22)15-20-8-6-7-19-14-21(25-28(19)20)17-9-11-18(12-10-17)26(3)4/h6-14H,5,15H2,1-4H3. The summed E-state index contributed by atoms with van der Waals surface area (Å²) in [5.41, 5.74) is 6.33. The molecule has 0 aliphatic heterocycles. The number of carbonyl (C=O) groups excluding carboxylic acids is 1. The Labute approximate surface area is 175 Å². The van der Waals surface area contributed by atoms with Gasteiger partial charge in [0, 0.05) is 31.0 Å². The van der Waals surface area contributed by atoms with Gasteiger partial charge in [0.1, 0.15) is 0 Å². The van der Waals surface area contributed by atoms with Crippen LogP contribution in [-0.4, -0.2) is 46.1 Å². The first-order chi connectivity index (χ1) is 14.5. The molecule has 0 amide bonds. The Morgan fingerprint density at radius 3 is 2.53 bits per heavy atom. The molecular weight excluding hydrogens is 378 g/mol. The van der Waals surface area contributed by atoms with Crippen molar-refractivity contribution in [2.24, 2.45) is 0 Å². The van der Waals surface area contributed by atoms with Crippen molar-refractivity contribution >= 4 is 17.2 Å². The van der Waals surface area contributed by atoms with Crippen LogP contribution in [0.3, 0.4) is 0 Å². The Kier molecular flexibility index (Phi) is 5.27. The van der Waals surface area contributed by atoms with Crippen molar-refractivity contribution in [2.75, 3.05) is 25.6 Å². The van der Waals surface area contributed by atoms with E-state index in [2.05, 4.69) is 40.3 Å². The Bertz CT molecular complexity index is 1190. The van der Waals surface area contributed by atoms with Gasteiger partial charge in [-0.25, -0.2) is 9.31 Å². The van der Waals surface area contributed by atoms with Gasteiger partial charge >= 0.3 is 5.97 Å². The van der Waals surface area contributed by atoms with Crippen LogP contribution in [0.2, 0.25) is 0 Å². The lowest BCUT2D eigenvalue weighted by molar-refractivity contribution is 0.0518. The van der Waals surface area contributed by atoms with Crippen LogP contribution in [0, 0.1) is 6.92 Å². The van der Waals surface area contributed by atoms with Crippen molar-refractivity contribution in [2.45, 2.75) is 20.4 Å². The number of anilines is 1. The normalized spacial score (nSPS) is 11.1. The molecule has 0 spiro atoms. The lowest BCUT2D eigenvalue weighted by Gasteiger charge is -2.12. The van der Waals surface area contributed by atoms with E-state index in [1.165, 1.54) is 0 Å². The minimum absolute atomic E-state index is 0.323. The SMILES string of the molecule is CCOC(=O)c1cc(C)n(Cc2cccc3cc(-c4ccc(N(C)C)cc4)nn23)n1. The molecule has 0 aliphatic carbocycles. The number of carbonyl (C=O) groups is 1. The molecule has 0 bridgehead atoms. The first kappa shape index (κ1) is 19.7. The number of rotatable bonds is 6. The highest BCUT2D eigenvalue weighted by atomic mass is 16.5. The average molecular weight is 403 g/mol. The van der Waals surface area contributed by atoms with E-state index in [1.807, 2.05) is 43.7 Å². The van der Waals surface area contributed by atoms with Crippen LogP contribution in [-0.2, 0) is 11.3 Å². The first-order valence-electron chi connectivity index (χ1n) is 9.93. The van der Waals surface area contributed by atoms with Crippen LogP contribution >= 0.6 is 0 Å². The molecule has 4 aromatic rings. The monoisotopic (exact) mass is 403 g/mol. The van der Waals surface area contributed by atoms with Crippen LogP contribution in [0.5, 0.6) is 0 Å². The second kappa shape index (κ2) is 8.02. The van der Waals surface area contributed by atoms with Crippen LogP contribution < -0.4 is 4.90 Å². The van der Waals surface area contributed by atoms with Gasteiger partial charge in [0.15, 0.2) is 5.69 Å². The van der Waals surface area contributed by atoms with Gasteiger partial charge in [-0.1, -0.05) is 18.2 Å². The number of hydrogen-bond acceptors (Lipinski definition) is 5. The van der Waals surface area contributed by atoms with Gasteiger partial charge in [0.2, 0.25) is 0 Å². The summed E-state index contributed by atoms with van der Waals surface area (Å²) in [4.78, 5) is 14.1. The summed E-state index contributed by atoms with van der Waals surface area (Å²) >= 11 is 0. The van der Waals surface area contributed by atoms with Gasteiger partial charge in [-0.3, -0.25) is 4.68 Å². The molecule has 0 radical (unpaired) electrons. The summed E-state index contributed by atoms with van der Waals surface area (Å²) in [5, 5.41) is 9.24. The van der Waals surface area contributed by atoms with E-state index in [4.69, 9.17) is 9.84 Å². The second-order valence-electron chi connectivity index (χ2n) is 7.37. The maximum atomic E-state index is 12.0. The average Bonchev–Trinajstić information content (AvgIpc) is 3.33. The fraction of sp³-hybridized carbons (Fsp3) is 0.261. The number of benzene rings is 1. The summed E-state index contributed by atoms with van der Waals surface area (Å²) in [7, 11) is 4.05. The molecule has 0 atom stereocenters. The maximum Gasteiger partial charge on any atom is 0.358 e. The predicted molar refractivity (Wildman–Crippen MR) is 117 cm³/mol. The summed E-state index contributed by atoms with van der Waals surface area (Å²) in [6, 6.07) is 18.2. The van der Waals surface area contributed by atoms with Crippen molar-refractivity contribution in [3.63, 3.8) is 0 Å². The smallest absolute Gasteiger partial charge is 0.358 e. The number of pyridine rings is 1. The van der Waals surface area contributed by atoms with Gasteiger partial charge in [0.05, 0.1) is 30.1 Å². The highest BCUT2D eigenvalue weighted by molar-refractivity contribution is 5.87. The molecule has 0 saturated heterocycles. The zero-order chi connectivity index (χ0) is 21.3. The number of nitrogens with zero attached hydrogens (tertiary/aromatic N) is 5. The third-order valence-electron chi connectivity index (χ3n) is 5.02. The number of fused-ring (bicyclic) bond motifs is 1. The van der Waals surface area contributed by atoms with Gasteiger partial charge < -0.3 is 9.64 Å². The molecule has 3 heterocycles. The van der Waals surface area contributed by atoms with Crippen LogP contribution in [0.15, 0.2) is 54.6 Å². The fourth-order valence-electron chi connectivity index (χ4n) is 3.39. The summed E-state index contributed by atoms with van der Waals surface area (Å²) < 4.78 is 8.79. The quantitative estimate of drug-likeness (QED) is 0.458. The molecule has 7 nitrogen and oxygen atoms in total. The van der Waals surface area contributed by atoms with Gasteiger partial charge in [0.25, 0.3) is 0 Å². The van der Waals surface area contributed by atoms with E-state index in [1.54, 1.807) is 17.7 Å². The highest BCUT2D eigenvalue weighted by Gasteiger charge is 2.15. The first-order valence-corrected chi connectivity index (χ1v) is 9.93. The third-order valence-corrected chi connectivity index (χ3v) is 5.02. The lowest BCUT2D eigenvalue weighted by Crippen LogP contribution is -2.10. The van der Waals surface area contributed by atoms with E-state index >= 15 is 0 Å². The molecule has 154 valence electrons. The van der Waals surface area contributed by atoms with Crippen molar-refractivity contribution < 1.29 is 9.53 Å². The molecule has 3 aromatic heterocycles.